The molecule has 0 atom stereocenters. The molecule has 1 heterocycles. The fraction of sp³-hybridized carbons (Fsp3) is 1.00. The molecule has 0 aromatic carbocycles. The van der Waals surface area contributed by atoms with Crippen LogP contribution in [-0.2, 0) is 0 Å². The van der Waals surface area contributed by atoms with Crippen molar-refractivity contribution < 1.29 is 0 Å². The molecule has 0 radical (unpaired) electrons. The molecule has 0 unspecified atom stereocenters. The van der Waals surface area contributed by atoms with E-state index in [9.17, 15) is 0 Å². The third-order valence-corrected chi connectivity index (χ3v) is 2.51. The smallest absolute Gasteiger partial charge is 0.00219 e. The Morgan fingerprint density at radius 2 is 2.18 bits per heavy atom. The monoisotopic (exact) mass is 156 g/mol. The number of hydrogen-bond acceptors (Lipinski definition) is 2. The molecule has 1 aliphatic heterocycles. The molecule has 2 heteroatoms. The lowest BCUT2D eigenvalue weighted by atomic mass is 9.97. The SMILES string of the molecule is CCC1CN(CCCNC)C1. The van der Waals surface area contributed by atoms with E-state index in [2.05, 4.69) is 17.1 Å². The van der Waals surface area contributed by atoms with Gasteiger partial charge in [0.25, 0.3) is 0 Å². The summed E-state index contributed by atoms with van der Waals surface area (Å²) < 4.78 is 0. The molecule has 2 nitrogen and oxygen atoms in total. The Labute approximate surface area is 70.0 Å². The Morgan fingerprint density at radius 1 is 1.45 bits per heavy atom. The van der Waals surface area contributed by atoms with E-state index in [1.807, 2.05) is 7.05 Å². The highest BCUT2D eigenvalue weighted by molar-refractivity contribution is 4.78. The van der Waals surface area contributed by atoms with Crippen molar-refractivity contribution in [3.8, 4) is 0 Å². The number of likely N-dealkylation sites (tertiary alicyclic amines) is 1. The molecule has 0 bridgehead atoms. The predicted molar refractivity (Wildman–Crippen MR) is 48.8 cm³/mol. The second kappa shape index (κ2) is 4.73. The average Bonchev–Trinajstić information content (AvgIpc) is 1.94. The van der Waals surface area contributed by atoms with Crippen LogP contribution in [0.25, 0.3) is 0 Å². The van der Waals surface area contributed by atoms with Crippen molar-refractivity contribution in [3.05, 3.63) is 0 Å². The summed E-state index contributed by atoms with van der Waals surface area (Å²) in [4.78, 5) is 2.55. The minimum Gasteiger partial charge on any atom is -0.320 e. The summed E-state index contributed by atoms with van der Waals surface area (Å²) in [5.41, 5.74) is 0. The first-order chi connectivity index (χ1) is 5.36. The van der Waals surface area contributed by atoms with Gasteiger partial charge in [0.1, 0.15) is 0 Å². The van der Waals surface area contributed by atoms with Crippen molar-refractivity contribution in [3.63, 3.8) is 0 Å². The second-order valence-electron chi connectivity index (χ2n) is 3.49. The summed E-state index contributed by atoms with van der Waals surface area (Å²) in [7, 11) is 2.02. The molecular weight excluding hydrogens is 136 g/mol. The van der Waals surface area contributed by atoms with E-state index < -0.39 is 0 Å². The molecular formula is C9H20N2. The van der Waals surface area contributed by atoms with E-state index in [1.54, 1.807) is 0 Å². The van der Waals surface area contributed by atoms with Crippen LogP contribution in [0.5, 0.6) is 0 Å². The molecule has 11 heavy (non-hydrogen) atoms. The molecule has 0 spiro atoms. The first-order valence-corrected chi connectivity index (χ1v) is 4.73. The van der Waals surface area contributed by atoms with Gasteiger partial charge in [0.2, 0.25) is 0 Å². The summed E-state index contributed by atoms with van der Waals surface area (Å²) >= 11 is 0. The quantitative estimate of drug-likeness (QED) is 0.596. The predicted octanol–water partition coefficient (Wildman–Crippen LogP) is 0.938. The Balaban J connectivity index is 1.88. The van der Waals surface area contributed by atoms with Crippen molar-refractivity contribution in [1.29, 1.82) is 0 Å². The summed E-state index contributed by atoms with van der Waals surface area (Å²) in [6, 6.07) is 0. The van der Waals surface area contributed by atoms with Gasteiger partial charge in [0, 0.05) is 13.1 Å². The maximum absolute atomic E-state index is 3.17. The third kappa shape index (κ3) is 2.80. The van der Waals surface area contributed by atoms with Gasteiger partial charge in [0.05, 0.1) is 0 Å². The van der Waals surface area contributed by atoms with E-state index in [-0.39, 0.29) is 0 Å². The van der Waals surface area contributed by atoms with E-state index in [4.69, 9.17) is 0 Å². The summed E-state index contributed by atoms with van der Waals surface area (Å²) in [6.07, 6.45) is 2.66. The number of nitrogens with one attached hydrogen (secondary N) is 1. The number of hydrogen-bond donors (Lipinski definition) is 1. The molecule has 0 amide bonds. The van der Waals surface area contributed by atoms with Gasteiger partial charge in [-0.1, -0.05) is 13.3 Å². The van der Waals surface area contributed by atoms with Crippen LogP contribution in [-0.4, -0.2) is 38.1 Å². The topological polar surface area (TPSA) is 15.3 Å². The molecule has 66 valence electrons. The van der Waals surface area contributed by atoms with Gasteiger partial charge in [-0.25, -0.2) is 0 Å². The molecule has 1 N–H and O–H groups in total. The highest BCUT2D eigenvalue weighted by Crippen LogP contribution is 2.17. The fourth-order valence-electron chi connectivity index (χ4n) is 1.60. The van der Waals surface area contributed by atoms with Crippen LogP contribution in [0.3, 0.4) is 0 Å². The zero-order valence-electron chi connectivity index (χ0n) is 7.77. The Bertz CT molecular complexity index is 97.7. The summed E-state index contributed by atoms with van der Waals surface area (Å²) in [5, 5.41) is 3.17. The van der Waals surface area contributed by atoms with Gasteiger partial charge >= 0.3 is 0 Å². The standard InChI is InChI=1S/C9H20N2/c1-3-9-7-11(8-9)6-4-5-10-2/h9-10H,3-8H2,1-2H3. The van der Waals surface area contributed by atoms with Gasteiger partial charge in [0.15, 0.2) is 0 Å². The maximum atomic E-state index is 3.17. The van der Waals surface area contributed by atoms with Crippen molar-refractivity contribution >= 4 is 0 Å². The minimum atomic E-state index is 1.00. The lowest BCUT2D eigenvalue weighted by Crippen LogP contribution is -2.46. The Morgan fingerprint density at radius 3 is 2.73 bits per heavy atom. The van der Waals surface area contributed by atoms with Crippen molar-refractivity contribution in [2.24, 2.45) is 5.92 Å². The van der Waals surface area contributed by atoms with Gasteiger partial charge < -0.3 is 10.2 Å². The first-order valence-electron chi connectivity index (χ1n) is 4.73. The van der Waals surface area contributed by atoms with Crippen LogP contribution in [0, 0.1) is 5.92 Å². The average molecular weight is 156 g/mol. The highest BCUT2D eigenvalue weighted by Gasteiger charge is 2.23. The lowest BCUT2D eigenvalue weighted by molar-refractivity contribution is 0.0968. The molecule has 1 rings (SSSR count). The van der Waals surface area contributed by atoms with E-state index in [0.717, 1.165) is 12.5 Å². The minimum absolute atomic E-state index is 1.00. The number of nitrogens with zero attached hydrogens (tertiary/aromatic N) is 1. The molecule has 1 fully saturated rings. The van der Waals surface area contributed by atoms with E-state index in [0.29, 0.717) is 0 Å². The maximum Gasteiger partial charge on any atom is 0.00219 e. The van der Waals surface area contributed by atoms with Crippen LogP contribution in [0.4, 0.5) is 0 Å². The van der Waals surface area contributed by atoms with Gasteiger partial charge in [-0.3, -0.25) is 0 Å². The molecule has 0 aromatic heterocycles. The van der Waals surface area contributed by atoms with Crippen LogP contribution in [0.1, 0.15) is 19.8 Å². The molecule has 1 aliphatic rings. The van der Waals surface area contributed by atoms with Crippen LogP contribution >= 0.6 is 0 Å². The van der Waals surface area contributed by atoms with Crippen molar-refractivity contribution in [1.82, 2.24) is 10.2 Å². The van der Waals surface area contributed by atoms with Gasteiger partial charge in [-0.2, -0.15) is 0 Å². The van der Waals surface area contributed by atoms with E-state index >= 15 is 0 Å². The van der Waals surface area contributed by atoms with Gasteiger partial charge in [-0.05, 0) is 32.5 Å². The van der Waals surface area contributed by atoms with Crippen molar-refractivity contribution in [2.45, 2.75) is 19.8 Å². The van der Waals surface area contributed by atoms with Gasteiger partial charge in [-0.15, -0.1) is 0 Å². The summed E-state index contributed by atoms with van der Waals surface area (Å²) in [6.45, 7) is 7.43. The molecule has 0 saturated carbocycles. The Kier molecular flexibility index (Phi) is 3.87. The van der Waals surface area contributed by atoms with Crippen molar-refractivity contribution in [2.75, 3.05) is 33.2 Å². The van der Waals surface area contributed by atoms with Crippen LogP contribution in [0.2, 0.25) is 0 Å². The number of rotatable bonds is 5. The summed E-state index contributed by atoms with van der Waals surface area (Å²) in [5.74, 6) is 1.00. The van der Waals surface area contributed by atoms with Crippen LogP contribution in [0.15, 0.2) is 0 Å². The molecule has 0 aromatic rings. The van der Waals surface area contributed by atoms with Crippen LogP contribution < -0.4 is 5.32 Å². The first kappa shape index (κ1) is 9.01. The fourth-order valence-corrected chi connectivity index (χ4v) is 1.60. The third-order valence-electron chi connectivity index (χ3n) is 2.51. The molecule has 1 saturated heterocycles. The Hall–Kier alpha value is -0.0800. The molecule has 0 aliphatic carbocycles. The zero-order chi connectivity index (χ0) is 8.10. The van der Waals surface area contributed by atoms with E-state index in [1.165, 1.54) is 32.5 Å². The lowest BCUT2D eigenvalue weighted by Gasteiger charge is -2.38. The second-order valence-corrected chi connectivity index (χ2v) is 3.49. The highest BCUT2D eigenvalue weighted by atomic mass is 15.2. The largest absolute Gasteiger partial charge is 0.320 e. The normalized spacial score (nSPS) is 20.2. The zero-order valence-corrected chi connectivity index (χ0v) is 7.77.